The molecule has 2 aromatic carbocycles. The van der Waals surface area contributed by atoms with Gasteiger partial charge in [-0.2, -0.15) is 0 Å². The third-order valence-corrected chi connectivity index (χ3v) is 4.12. The predicted octanol–water partition coefficient (Wildman–Crippen LogP) is 4.25. The van der Waals surface area contributed by atoms with E-state index in [1.807, 2.05) is 48.7 Å². The number of fused-ring (bicyclic) bond motifs is 2. The summed E-state index contributed by atoms with van der Waals surface area (Å²) in [6.07, 6.45) is 6.46. The van der Waals surface area contributed by atoms with Crippen LogP contribution in [0.4, 0.5) is 0 Å². The Labute approximate surface area is 139 Å². The van der Waals surface area contributed by atoms with Gasteiger partial charge < -0.3 is 9.72 Å². The van der Waals surface area contributed by atoms with Crippen LogP contribution in [-0.4, -0.2) is 15.9 Å². The van der Waals surface area contributed by atoms with Gasteiger partial charge >= 0.3 is 5.97 Å². The summed E-state index contributed by atoms with van der Waals surface area (Å²) in [5.41, 5.74) is 2.22. The number of hydrogen-bond acceptors (Lipinski definition) is 3. The highest BCUT2D eigenvalue weighted by Crippen LogP contribution is 2.22. The topological polar surface area (TPSA) is 55.0 Å². The summed E-state index contributed by atoms with van der Waals surface area (Å²) in [6.45, 7) is 0. The molecule has 0 spiro atoms. The number of para-hydroxylation sites is 1. The molecule has 0 radical (unpaired) electrons. The zero-order valence-corrected chi connectivity index (χ0v) is 13.0. The first-order valence-corrected chi connectivity index (χ1v) is 7.89. The van der Waals surface area contributed by atoms with Gasteiger partial charge in [-0.1, -0.05) is 24.3 Å². The van der Waals surface area contributed by atoms with Gasteiger partial charge in [-0.15, -0.1) is 0 Å². The van der Waals surface area contributed by atoms with Crippen molar-refractivity contribution in [2.24, 2.45) is 0 Å². The normalized spacial score (nSPS) is 11.0. The number of aryl methyl sites for hydroxylation is 1. The quantitative estimate of drug-likeness (QED) is 0.452. The molecule has 0 atom stereocenters. The van der Waals surface area contributed by atoms with Gasteiger partial charge in [0.05, 0.1) is 6.42 Å². The number of hydrogen-bond donors (Lipinski definition) is 1. The Morgan fingerprint density at radius 1 is 1.08 bits per heavy atom. The molecule has 2 heterocycles. The fourth-order valence-electron chi connectivity index (χ4n) is 2.88. The number of carbonyl (C=O) groups is 1. The predicted molar refractivity (Wildman–Crippen MR) is 94.0 cm³/mol. The minimum absolute atomic E-state index is 0.233. The van der Waals surface area contributed by atoms with E-state index in [1.165, 1.54) is 0 Å². The molecular weight excluding hydrogens is 300 g/mol. The lowest BCUT2D eigenvalue weighted by Gasteiger charge is -2.05. The Balaban J connectivity index is 1.44. The largest absolute Gasteiger partial charge is 0.426 e. The molecule has 0 unspecified atom stereocenters. The first kappa shape index (κ1) is 14.5. The number of esters is 1. The van der Waals surface area contributed by atoms with Crippen LogP contribution in [0.15, 0.2) is 67.1 Å². The average molecular weight is 316 g/mol. The van der Waals surface area contributed by atoms with E-state index < -0.39 is 0 Å². The molecule has 2 aromatic heterocycles. The van der Waals surface area contributed by atoms with Crippen LogP contribution in [0.5, 0.6) is 5.75 Å². The van der Waals surface area contributed by atoms with E-state index in [0.717, 1.165) is 27.2 Å². The van der Waals surface area contributed by atoms with Crippen molar-refractivity contribution in [1.82, 2.24) is 9.97 Å². The maximum Gasteiger partial charge on any atom is 0.311 e. The van der Waals surface area contributed by atoms with Crippen LogP contribution in [0, 0.1) is 0 Å². The second kappa shape index (κ2) is 6.16. The zero-order chi connectivity index (χ0) is 16.4. The van der Waals surface area contributed by atoms with Gasteiger partial charge in [0.15, 0.2) is 0 Å². The number of aromatic amines is 1. The molecule has 0 fully saturated rings. The molecule has 4 rings (SSSR count). The molecular formula is C20H16N2O2. The summed E-state index contributed by atoms with van der Waals surface area (Å²) in [5, 5.41) is 3.19. The summed E-state index contributed by atoms with van der Waals surface area (Å²) in [5.74, 6) is 0.322. The van der Waals surface area contributed by atoms with Crippen LogP contribution in [0.3, 0.4) is 0 Å². The van der Waals surface area contributed by atoms with Crippen LogP contribution in [0.1, 0.15) is 12.0 Å². The second-order valence-corrected chi connectivity index (χ2v) is 5.72. The van der Waals surface area contributed by atoms with Gasteiger partial charge in [-0.25, -0.2) is 0 Å². The Kier molecular flexibility index (Phi) is 3.71. The SMILES string of the molecule is O=C(CCc1c[nH]c2ccccc12)Oc1ccc2ccncc2c1. The highest BCUT2D eigenvalue weighted by Gasteiger charge is 2.09. The van der Waals surface area contributed by atoms with E-state index >= 15 is 0 Å². The molecule has 0 saturated carbocycles. The number of aromatic nitrogens is 2. The monoisotopic (exact) mass is 316 g/mol. The minimum Gasteiger partial charge on any atom is -0.426 e. The van der Waals surface area contributed by atoms with Crippen LogP contribution >= 0.6 is 0 Å². The van der Waals surface area contributed by atoms with Crippen LogP contribution in [0.25, 0.3) is 21.7 Å². The van der Waals surface area contributed by atoms with Crippen molar-refractivity contribution < 1.29 is 9.53 Å². The van der Waals surface area contributed by atoms with E-state index in [9.17, 15) is 4.79 Å². The van der Waals surface area contributed by atoms with Gasteiger partial charge in [-0.3, -0.25) is 9.78 Å². The van der Waals surface area contributed by atoms with Gasteiger partial charge in [0.25, 0.3) is 0 Å². The van der Waals surface area contributed by atoms with E-state index in [1.54, 1.807) is 12.4 Å². The van der Waals surface area contributed by atoms with E-state index in [-0.39, 0.29) is 5.97 Å². The molecule has 4 nitrogen and oxygen atoms in total. The number of nitrogens with zero attached hydrogens (tertiary/aromatic N) is 1. The van der Waals surface area contributed by atoms with Crippen molar-refractivity contribution >= 4 is 27.6 Å². The second-order valence-electron chi connectivity index (χ2n) is 5.72. The molecule has 4 heteroatoms. The van der Waals surface area contributed by atoms with Crippen LogP contribution in [0.2, 0.25) is 0 Å². The summed E-state index contributed by atoms with van der Waals surface area (Å²) >= 11 is 0. The smallest absolute Gasteiger partial charge is 0.311 e. The number of pyridine rings is 1. The van der Waals surface area contributed by atoms with E-state index in [4.69, 9.17) is 4.74 Å². The summed E-state index contributed by atoms with van der Waals surface area (Å²) in [4.78, 5) is 19.4. The number of H-pyrrole nitrogens is 1. The van der Waals surface area contributed by atoms with Crippen molar-refractivity contribution in [3.05, 3.63) is 72.7 Å². The Hall–Kier alpha value is -3.14. The maximum atomic E-state index is 12.1. The van der Waals surface area contributed by atoms with Crippen molar-refractivity contribution in [2.45, 2.75) is 12.8 Å². The molecule has 0 bridgehead atoms. The lowest BCUT2D eigenvalue weighted by atomic mass is 10.1. The molecule has 4 aromatic rings. The van der Waals surface area contributed by atoms with Gasteiger partial charge in [-0.05, 0) is 41.6 Å². The molecule has 0 saturated heterocycles. The fraction of sp³-hybridized carbons (Fsp3) is 0.100. The lowest BCUT2D eigenvalue weighted by molar-refractivity contribution is -0.134. The Bertz CT molecular complexity index is 1020. The van der Waals surface area contributed by atoms with Crippen molar-refractivity contribution in [2.75, 3.05) is 0 Å². The standard InChI is InChI=1S/C20H16N2O2/c23-20(8-6-15-13-22-19-4-2-1-3-18(15)19)24-17-7-5-14-9-10-21-12-16(14)11-17/h1-5,7,9-13,22H,6,8H2. The molecule has 0 aliphatic carbocycles. The molecule has 0 aliphatic heterocycles. The van der Waals surface area contributed by atoms with Gasteiger partial charge in [0.2, 0.25) is 0 Å². The van der Waals surface area contributed by atoms with Gasteiger partial charge in [0.1, 0.15) is 5.75 Å². The fourth-order valence-corrected chi connectivity index (χ4v) is 2.88. The van der Waals surface area contributed by atoms with Crippen LogP contribution < -0.4 is 4.74 Å². The van der Waals surface area contributed by atoms with Crippen molar-refractivity contribution in [1.29, 1.82) is 0 Å². The molecule has 24 heavy (non-hydrogen) atoms. The molecule has 1 N–H and O–H groups in total. The van der Waals surface area contributed by atoms with Crippen molar-refractivity contribution in [3.8, 4) is 5.75 Å². The van der Waals surface area contributed by atoms with E-state index in [0.29, 0.717) is 18.6 Å². The first-order chi connectivity index (χ1) is 11.8. The average Bonchev–Trinajstić information content (AvgIpc) is 3.03. The zero-order valence-electron chi connectivity index (χ0n) is 13.0. The third kappa shape index (κ3) is 2.86. The number of carbonyl (C=O) groups excluding carboxylic acids is 1. The maximum absolute atomic E-state index is 12.1. The highest BCUT2D eigenvalue weighted by molar-refractivity contribution is 5.85. The van der Waals surface area contributed by atoms with Crippen LogP contribution in [-0.2, 0) is 11.2 Å². The number of benzene rings is 2. The number of nitrogens with one attached hydrogen (secondary N) is 1. The molecule has 0 aliphatic rings. The first-order valence-electron chi connectivity index (χ1n) is 7.89. The Morgan fingerprint density at radius 2 is 2.00 bits per heavy atom. The molecule has 0 amide bonds. The lowest BCUT2D eigenvalue weighted by Crippen LogP contribution is -2.08. The highest BCUT2D eigenvalue weighted by atomic mass is 16.5. The van der Waals surface area contributed by atoms with Crippen molar-refractivity contribution in [3.63, 3.8) is 0 Å². The summed E-state index contributed by atoms with van der Waals surface area (Å²) < 4.78 is 5.46. The third-order valence-electron chi connectivity index (χ3n) is 4.12. The summed E-state index contributed by atoms with van der Waals surface area (Å²) in [6, 6.07) is 15.6. The Morgan fingerprint density at radius 3 is 2.96 bits per heavy atom. The minimum atomic E-state index is -0.233. The number of rotatable bonds is 4. The summed E-state index contributed by atoms with van der Waals surface area (Å²) in [7, 11) is 0. The number of ether oxygens (including phenoxy) is 1. The molecule has 118 valence electrons. The van der Waals surface area contributed by atoms with E-state index in [2.05, 4.69) is 16.0 Å². The van der Waals surface area contributed by atoms with Gasteiger partial charge in [0, 0.05) is 34.9 Å².